The van der Waals surface area contributed by atoms with Gasteiger partial charge in [0.1, 0.15) is 0 Å². The number of amides is 2. The van der Waals surface area contributed by atoms with E-state index in [2.05, 4.69) is 11.4 Å². The minimum atomic E-state index is -0.0806. The summed E-state index contributed by atoms with van der Waals surface area (Å²) in [6.45, 7) is 6.77. The minimum Gasteiger partial charge on any atom is -0.493 e. The van der Waals surface area contributed by atoms with Crippen molar-refractivity contribution in [3.63, 3.8) is 0 Å². The molecule has 5 heteroatoms. The lowest BCUT2D eigenvalue weighted by Gasteiger charge is -2.35. The van der Waals surface area contributed by atoms with Crippen LogP contribution in [0.25, 0.3) is 0 Å². The van der Waals surface area contributed by atoms with Gasteiger partial charge < -0.3 is 19.7 Å². The fourth-order valence-corrected chi connectivity index (χ4v) is 3.66. The van der Waals surface area contributed by atoms with Gasteiger partial charge in [-0.25, -0.2) is 4.79 Å². The predicted molar refractivity (Wildman–Crippen MR) is 103 cm³/mol. The number of rotatable bonds is 3. The molecule has 0 unspecified atom stereocenters. The van der Waals surface area contributed by atoms with Gasteiger partial charge in [0.15, 0.2) is 11.5 Å². The number of carbonyl (C=O) groups excluding carboxylic acids is 1. The van der Waals surface area contributed by atoms with Crippen molar-refractivity contribution in [3.05, 3.63) is 52.6 Å². The lowest BCUT2D eigenvalue weighted by atomic mass is 9.93. The maximum atomic E-state index is 12.8. The third-order valence-electron chi connectivity index (χ3n) is 4.92. The summed E-state index contributed by atoms with van der Waals surface area (Å²) in [5.74, 6) is 1.42. The Morgan fingerprint density at radius 2 is 1.65 bits per heavy atom. The molecule has 1 aliphatic rings. The van der Waals surface area contributed by atoms with E-state index in [0.29, 0.717) is 12.3 Å². The number of hydrogen-bond donors (Lipinski definition) is 1. The maximum Gasteiger partial charge on any atom is 0.322 e. The first kappa shape index (κ1) is 18.1. The van der Waals surface area contributed by atoms with E-state index >= 15 is 0 Å². The van der Waals surface area contributed by atoms with E-state index in [1.165, 1.54) is 5.56 Å². The number of urea groups is 1. The molecular formula is C21H26N2O3. The molecule has 2 aromatic carbocycles. The zero-order valence-corrected chi connectivity index (χ0v) is 16.1. The molecule has 1 N–H and O–H groups in total. The van der Waals surface area contributed by atoms with E-state index in [-0.39, 0.29) is 12.1 Å². The van der Waals surface area contributed by atoms with Crippen LogP contribution in [-0.4, -0.2) is 31.7 Å². The molecule has 138 valence electrons. The summed E-state index contributed by atoms with van der Waals surface area (Å²) in [4.78, 5) is 14.7. The molecule has 0 aliphatic carbocycles. The number of carbonyl (C=O) groups is 1. The monoisotopic (exact) mass is 354 g/mol. The number of nitrogens with zero attached hydrogens (tertiary/aromatic N) is 1. The van der Waals surface area contributed by atoms with Crippen LogP contribution in [0.3, 0.4) is 0 Å². The lowest BCUT2D eigenvalue weighted by molar-refractivity contribution is 0.188. The van der Waals surface area contributed by atoms with Gasteiger partial charge >= 0.3 is 6.03 Å². The van der Waals surface area contributed by atoms with Crippen LogP contribution in [0.5, 0.6) is 11.5 Å². The molecule has 0 bridgehead atoms. The average Bonchev–Trinajstić information content (AvgIpc) is 2.60. The van der Waals surface area contributed by atoms with Gasteiger partial charge in [0.25, 0.3) is 0 Å². The summed E-state index contributed by atoms with van der Waals surface area (Å²) in [6, 6.07) is 9.95. The molecule has 1 aliphatic heterocycles. The van der Waals surface area contributed by atoms with Crippen molar-refractivity contribution < 1.29 is 14.3 Å². The Morgan fingerprint density at radius 1 is 1.04 bits per heavy atom. The first-order valence-corrected chi connectivity index (χ1v) is 8.83. The first-order valence-electron chi connectivity index (χ1n) is 8.83. The molecule has 0 saturated heterocycles. The Labute approximate surface area is 154 Å². The summed E-state index contributed by atoms with van der Waals surface area (Å²) >= 11 is 0. The molecule has 5 nitrogen and oxygen atoms in total. The average molecular weight is 354 g/mol. The van der Waals surface area contributed by atoms with E-state index in [1.54, 1.807) is 14.2 Å². The molecule has 26 heavy (non-hydrogen) atoms. The van der Waals surface area contributed by atoms with Crippen LogP contribution in [-0.2, 0) is 6.42 Å². The SMILES string of the molecule is COc1cc2c(cc1OC)[C@H](C)N(C(=O)Nc1cc(C)cc(C)c1)CC2. The fraction of sp³-hybridized carbons (Fsp3) is 0.381. The minimum absolute atomic E-state index is 0.0375. The first-order chi connectivity index (χ1) is 12.4. The van der Waals surface area contributed by atoms with Gasteiger partial charge in [-0.2, -0.15) is 0 Å². The van der Waals surface area contributed by atoms with Gasteiger partial charge in [-0.05, 0) is 73.7 Å². The van der Waals surface area contributed by atoms with E-state index in [1.807, 2.05) is 49.9 Å². The van der Waals surface area contributed by atoms with Crippen LogP contribution in [0.1, 0.15) is 35.2 Å². The van der Waals surface area contributed by atoms with Crippen molar-refractivity contribution in [1.29, 1.82) is 0 Å². The van der Waals surface area contributed by atoms with Crippen molar-refractivity contribution in [2.75, 3.05) is 26.1 Å². The second-order valence-corrected chi connectivity index (χ2v) is 6.83. The summed E-state index contributed by atoms with van der Waals surface area (Å²) in [5.41, 5.74) is 5.40. The Morgan fingerprint density at radius 3 is 2.27 bits per heavy atom. The van der Waals surface area contributed by atoms with Gasteiger partial charge in [0.05, 0.1) is 20.3 Å². The topological polar surface area (TPSA) is 50.8 Å². The number of aryl methyl sites for hydroxylation is 2. The molecule has 3 rings (SSSR count). The highest BCUT2D eigenvalue weighted by Crippen LogP contribution is 2.38. The molecule has 1 atom stereocenters. The molecule has 0 saturated carbocycles. The van der Waals surface area contributed by atoms with Gasteiger partial charge in [-0.15, -0.1) is 0 Å². The van der Waals surface area contributed by atoms with Crippen molar-refractivity contribution in [3.8, 4) is 11.5 Å². The Hall–Kier alpha value is -2.69. The Bertz CT molecular complexity index is 812. The lowest BCUT2D eigenvalue weighted by Crippen LogP contribution is -2.41. The summed E-state index contributed by atoms with van der Waals surface area (Å²) in [6.07, 6.45) is 0.792. The summed E-state index contributed by atoms with van der Waals surface area (Å²) in [7, 11) is 3.27. The zero-order valence-electron chi connectivity index (χ0n) is 16.1. The van der Waals surface area contributed by atoms with Crippen LogP contribution in [0.4, 0.5) is 10.5 Å². The van der Waals surface area contributed by atoms with Crippen molar-refractivity contribution in [1.82, 2.24) is 4.90 Å². The number of ether oxygens (including phenoxy) is 2. The van der Waals surface area contributed by atoms with Crippen LogP contribution in [0.15, 0.2) is 30.3 Å². The number of hydrogen-bond acceptors (Lipinski definition) is 3. The number of methoxy groups -OCH3 is 2. The second-order valence-electron chi connectivity index (χ2n) is 6.83. The van der Waals surface area contributed by atoms with E-state index in [0.717, 1.165) is 34.5 Å². The van der Waals surface area contributed by atoms with Gasteiger partial charge in [-0.3, -0.25) is 0 Å². The molecule has 1 heterocycles. The zero-order chi connectivity index (χ0) is 18.8. The largest absolute Gasteiger partial charge is 0.493 e. The quantitative estimate of drug-likeness (QED) is 0.885. The summed E-state index contributed by atoms with van der Waals surface area (Å²) in [5, 5.41) is 3.04. The molecule has 0 aromatic heterocycles. The number of benzene rings is 2. The highest BCUT2D eigenvalue weighted by molar-refractivity contribution is 5.90. The maximum absolute atomic E-state index is 12.8. The van der Waals surface area contributed by atoms with Crippen molar-refractivity contribution >= 4 is 11.7 Å². The van der Waals surface area contributed by atoms with Crippen LogP contribution < -0.4 is 14.8 Å². The van der Waals surface area contributed by atoms with Gasteiger partial charge in [0, 0.05) is 12.2 Å². The highest BCUT2D eigenvalue weighted by Gasteiger charge is 2.29. The Balaban J connectivity index is 1.83. The number of anilines is 1. The van der Waals surface area contributed by atoms with Gasteiger partial charge in [-0.1, -0.05) is 6.07 Å². The third-order valence-corrected chi connectivity index (χ3v) is 4.92. The molecule has 0 spiro atoms. The van der Waals surface area contributed by atoms with E-state index in [4.69, 9.17) is 9.47 Å². The summed E-state index contributed by atoms with van der Waals surface area (Å²) < 4.78 is 10.8. The predicted octanol–water partition coefficient (Wildman–Crippen LogP) is 4.47. The smallest absolute Gasteiger partial charge is 0.322 e. The van der Waals surface area contributed by atoms with E-state index < -0.39 is 0 Å². The number of nitrogens with one attached hydrogen (secondary N) is 1. The fourth-order valence-electron chi connectivity index (χ4n) is 3.66. The van der Waals surface area contributed by atoms with Crippen LogP contribution in [0, 0.1) is 13.8 Å². The van der Waals surface area contributed by atoms with E-state index in [9.17, 15) is 4.79 Å². The number of fused-ring (bicyclic) bond motifs is 1. The molecule has 2 amide bonds. The van der Waals surface area contributed by atoms with Crippen LogP contribution >= 0.6 is 0 Å². The van der Waals surface area contributed by atoms with Crippen molar-refractivity contribution in [2.24, 2.45) is 0 Å². The molecule has 0 fully saturated rings. The molecule has 0 radical (unpaired) electrons. The van der Waals surface area contributed by atoms with Crippen LogP contribution in [0.2, 0.25) is 0 Å². The van der Waals surface area contributed by atoms with Crippen molar-refractivity contribution in [2.45, 2.75) is 33.2 Å². The second kappa shape index (κ2) is 7.28. The highest BCUT2D eigenvalue weighted by atomic mass is 16.5. The normalized spacial score (nSPS) is 16.0. The molecule has 2 aromatic rings. The standard InChI is InChI=1S/C21H26N2O3/c1-13-8-14(2)10-17(9-13)22-21(24)23-7-6-16-11-19(25-4)20(26-5)12-18(16)15(23)3/h8-12,15H,6-7H2,1-5H3,(H,22,24)/t15-/m0/s1. The third kappa shape index (κ3) is 3.47. The Kier molecular flexibility index (Phi) is 5.07. The molecular weight excluding hydrogens is 328 g/mol. The van der Waals surface area contributed by atoms with Gasteiger partial charge in [0.2, 0.25) is 0 Å².